The number of hydrogen-bond donors (Lipinski definition) is 2. The van der Waals surface area contributed by atoms with Crippen molar-refractivity contribution in [3.05, 3.63) is 11.1 Å². The molecule has 0 aliphatic rings. The molecule has 0 amide bonds. The third-order valence-corrected chi connectivity index (χ3v) is 5.93. The van der Waals surface area contributed by atoms with Crippen molar-refractivity contribution >= 4 is 33.2 Å². The first-order chi connectivity index (χ1) is 10.7. The normalized spacial score (nSPS) is 13.7. The first-order valence-electron chi connectivity index (χ1n) is 7.76. The highest BCUT2D eigenvalue weighted by atomic mass is 32.2. The van der Waals surface area contributed by atoms with E-state index < -0.39 is 10.8 Å². The molecule has 0 fully saturated rings. The number of hydrogen-bond acceptors (Lipinski definition) is 5. The van der Waals surface area contributed by atoms with Crippen molar-refractivity contribution in [2.24, 2.45) is 4.99 Å². The van der Waals surface area contributed by atoms with E-state index in [0.29, 0.717) is 18.8 Å². The molecule has 23 heavy (non-hydrogen) atoms. The van der Waals surface area contributed by atoms with Crippen molar-refractivity contribution in [1.82, 2.24) is 15.6 Å². The number of rotatable bonds is 7. The predicted molar refractivity (Wildman–Crippen MR) is 102 cm³/mol. The van der Waals surface area contributed by atoms with Crippen LogP contribution in [-0.4, -0.2) is 52.8 Å². The molecule has 1 aromatic heterocycles. The van der Waals surface area contributed by atoms with E-state index in [1.165, 1.54) is 0 Å². The van der Waals surface area contributed by atoms with Crippen LogP contribution in [0, 0.1) is 0 Å². The highest BCUT2D eigenvalue weighted by Gasteiger charge is 2.18. The van der Waals surface area contributed by atoms with Crippen LogP contribution in [0.5, 0.6) is 0 Å². The molecule has 1 unspecified atom stereocenters. The van der Waals surface area contributed by atoms with E-state index >= 15 is 0 Å². The van der Waals surface area contributed by atoms with Crippen molar-refractivity contribution in [2.75, 3.05) is 37.8 Å². The van der Waals surface area contributed by atoms with Gasteiger partial charge in [-0.25, -0.2) is 9.98 Å². The van der Waals surface area contributed by atoms with Crippen molar-refractivity contribution < 1.29 is 4.21 Å². The van der Waals surface area contributed by atoms with E-state index in [1.807, 2.05) is 52.1 Å². The van der Waals surface area contributed by atoms with Gasteiger partial charge in [-0.15, -0.1) is 11.3 Å². The Labute approximate surface area is 146 Å². The van der Waals surface area contributed by atoms with Gasteiger partial charge >= 0.3 is 0 Å². The van der Waals surface area contributed by atoms with Gasteiger partial charge in [0.25, 0.3) is 0 Å². The van der Waals surface area contributed by atoms with Crippen LogP contribution in [0.3, 0.4) is 0 Å². The third-order valence-electron chi connectivity index (χ3n) is 2.93. The molecule has 0 radical (unpaired) electrons. The lowest BCUT2D eigenvalue weighted by atomic mass is 10.3. The van der Waals surface area contributed by atoms with Crippen LogP contribution in [0.1, 0.15) is 33.4 Å². The van der Waals surface area contributed by atoms with E-state index in [4.69, 9.17) is 0 Å². The Morgan fingerprint density at radius 1 is 1.39 bits per heavy atom. The minimum atomic E-state index is -0.861. The average molecular weight is 360 g/mol. The zero-order valence-corrected chi connectivity index (χ0v) is 16.6. The topological polar surface area (TPSA) is 69.6 Å². The number of thiazole rings is 1. The molecule has 2 N–H and O–H groups in total. The summed E-state index contributed by atoms with van der Waals surface area (Å²) in [6.07, 6.45) is 0. The van der Waals surface area contributed by atoms with Crippen molar-refractivity contribution in [3.63, 3.8) is 0 Å². The zero-order valence-electron chi connectivity index (χ0n) is 15.0. The monoisotopic (exact) mass is 359 g/mol. The fraction of sp³-hybridized carbons (Fsp3) is 0.733. The number of anilines is 1. The maximum Gasteiger partial charge on any atom is 0.191 e. The lowest BCUT2D eigenvalue weighted by Crippen LogP contribution is -2.40. The van der Waals surface area contributed by atoms with Gasteiger partial charge in [-0.1, -0.05) is 0 Å². The molecule has 6 nitrogen and oxygen atoms in total. The quantitative estimate of drug-likeness (QED) is 0.574. The maximum absolute atomic E-state index is 12.0. The first-order valence-corrected chi connectivity index (χ1v) is 9.96. The van der Waals surface area contributed by atoms with Gasteiger partial charge in [-0.3, -0.25) is 4.21 Å². The van der Waals surface area contributed by atoms with Gasteiger partial charge in [0.05, 0.1) is 12.2 Å². The second kappa shape index (κ2) is 9.22. The van der Waals surface area contributed by atoms with Gasteiger partial charge in [-0.05, 0) is 27.7 Å². The molecule has 0 aliphatic carbocycles. The fourth-order valence-electron chi connectivity index (χ4n) is 1.64. The molecule has 1 atom stereocenters. The molecule has 1 aromatic rings. The van der Waals surface area contributed by atoms with E-state index in [0.717, 1.165) is 23.3 Å². The molecule has 0 saturated carbocycles. The summed E-state index contributed by atoms with van der Waals surface area (Å²) in [7, 11) is 3.10. The molecule has 1 heterocycles. The second-order valence-corrected chi connectivity index (χ2v) is 9.46. The third kappa shape index (κ3) is 7.30. The Hall–Kier alpha value is -1.15. The van der Waals surface area contributed by atoms with E-state index in [2.05, 4.69) is 20.6 Å². The molecular formula is C15H29N5OS2. The molecule has 0 aliphatic heterocycles. The van der Waals surface area contributed by atoms with Crippen molar-refractivity contribution in [1.29, 1.82) is 0 Å². The summed E-state index contributed by atoms with van der Waals surface area (Å²) in [5.41, 5.74) is 0.953. The minimum Gasteiger partial charge on any atom is -0.357 e. The Balaban J connectivity index is 2.54. The van der Waals surface area contributed by atoms with Gasteiger partial charge in [0.2, 0.25) is 0 Å². The number of nitrogens with one attached hydrogen (secondary N) is 2. The van der Waals surface area contributed by atoms with Gasteiger partial charge in [-0.2, -0.15) is 0 Å². The molecule has 0 spiro atoms. The van der Waals surface area contributed by atoms with Crippen LogP contribution in [0.4, 0.5) is 5.13 Å². The summed E-state index contributed by atoms with van der Waals surface area (Å²) < 4.78 is 11.9. The van der Waals surface area contributed by atoms with Crippen LogP contribution >= 0.6 is 11.3 Å². The summed E-state index contributed by atoms with van der Waals surface area (Å²) in [6.45, 7) is 9.95. The molecule has 0 aromatic carbocycles. The van der Waals surface area contributed by atoms with E-state index in [-0.39, 0.29) is 4.75 Å². The van der Waals surface area contributed by atoms with Gasteiger partial charge in [0, 0.05) is 53.9 Å². The van der Waals surface area contributed by atoms with Crippen LogP contribution < -0.4 is 15.5 Å². The Morgan fingerprint density at radius 3 is 2.61 bits per heavy atom. The molecule has 0 bridgehead atoms. The predicted octanol–water partition coefficient (Wildman–Crippen LogP) is 1.81. The lowest BCUT2D eigenvalue weighted by Gasteiger charge is -2.18. The van der Waals surface area contributed by atoms with Crippen LogP contribution in [0.25, 0.3) is 0 Å². The second-order valence-electron chi connectivity index (χ2n) is 6.30. The van der Waals surface area contributed by atoms with Crippen molar-refractivity contribution in [2.45, 2.75) is 39.0 Å². The molecule has 1 rings (SSSR count). The summed E-state index contributed by atoms with van der Waals surface area (Å²) in [5, 5.41) is 9.44. The van der Waals surface area contributed by atoms with E-state index in [1.54, 1.807) is 11.3 Å². The lowest BCUT2D eigenvalue weighted by molar-refractivity contribution is 0.647. The number of nitrogens with zero attached hydrogens (tertiary/aromatic N) is 3. The van der Waals surface area contributed by atoms with Crippen LogP contribution in [0.2, 0.25) is 0 Å². The van der Waals surface area contributed by atoms with E-state index in [9.17, 15) is 4.21 Å². The Bertz CT molecular complexity index is 534. The number of guanidine groups is 1. The summed E-state index contributed by atoms with van der Waals surface area (Å²) in [4.78, 5) is 11.0. The summed E-state index contributed by atoms with van der Waals surface area (Å²) >= 11 is 1.61. The fourth-order valence-corrected chi connectivity index (χ4v) is 3.29. The van der Waals surface area contributed by atoms with Gasteiger partial charge < -0.3 is 15.5 Å². The highest BCUT2D eigenvalue weighted by molar-refractivity contribution is 7.86. The number of aromatic nitrogens is 1. The molecule has 8 heteroatoms. The molecule has 0 saturated heterocycles. The minimum absolute atomic E-state index is 0.180. The average Bonchev–Trinajstić information content (AvgIpc) is 2.92. The molecular weight excluding hydrogens is 330 g/mol. The smallest absolute Gasteiger partial charge is 0.191 e. The highest BCUT2D eigenvalue weighted by Crippen LogP contribution is 2.18. The summed E-state index contributed by atoms with van der Waals surface area (Å²) in [6, 6.07) is 0. The summed E-state index contributed by atoms with van der Waals surface area (Å²) in [5.74, 6) is 1.34. The molecule has 132 valence electrons. The Kier molecular flexibility index (Phi) is 7.98. The van der Waals surface area contributed by atoms with Gasteiger partial charge in [0.1, 0.15) is 0 Å². The Morgan fingerprint density at radius 2 is 2.09 bits per heavy atom. The van der Waals surface area contributed by atoms with Crippen LogP contribution in [0.15, 0.2) is 10.4 Å². The number of aliphatic imine (C=N–C) groups is 1. The SMILES string of the molecule is CCNC(=NCc1csc(N(C)C)n1)NCCS(=O)C(C)(C)C. The van der Waals surface area contributed by atoms with Crippen LogP contribution in [-0.2, 0) is 17.3 Å². The van der Waals surface area contributed by atoms with Gasteiger partial charge in [0.15, 0.2) is 11.1 Å². The standard InChI is InChI=1S/C15H29N5OS2/c1-7-16-13(17-8-9-23(21)15(2,3)4)18-10-12-11-22-14(19-12)20(5)6/h11H,7-10H2,1-6H3,(H2,16,17,18). The van der Waals surface area contributed by atoms with Crippen molar-refractivity contribution in [3.8, 4) is 0 Å². The largest absolute Gasteiger partial charge is 0.357 e. The maximum atomic E-state index is 12.0. The first kappa shape index (κ1) is 19.9. The zero-order chi connectivity index (χ0) is 17.5.